The van der Waals surface area contributed by atoms with Crippen LogP contribution in [0.1, 0.15) is 19.3 Å². The van der Waals surface area contributed by atoms with Crippen molar-refractivity contribution >= 4 is 33.7 Å². The van der Waals surface area contributed by atoms with E-state index in [2.05, 4.69) is 48.7 Å². The molecule has 1 aliphatic carbocycles. The number of rotatable bonds is 3. The predicted octanol–water partition coefficient (Wildman–Crippen LogP) is 2.64. The van der Waals surface area contributed by atoms with E-state index in [1.807, 2.05) is 0 Å². The van der Waals surface area contributed by atoms with E-state index in [-0.39, 0.29) is 18.0 Å². The number of nitrogens with zero attached hydrogens (tertiary/aromatic N) is 2. The highest BCUT2D eigenvalue weighted by atomic mass is 28.4. The largest absolute Gasteiger partial charge is 0.349 e. The van der Waals surface area contributed by atoms with E-state index in [4.69, 9.17) is 0 Å². The zero-order valence-corrected chi connectivity index (χ0v) is 14.3. The third-order valence-corrected chi connectivity index (χ3v) is 9.58. The highest BCUT2D eigenvalue weighted by Crippen LogP contribution is 2.22. The second kappa shape index (κ2) is 5.09. The first-order chi connectivity index (χ1) is 8.01. The third-order valence-electron chi connectivity index (χ3n) is 2.81. The van der Waals surface area contributed by atoms with Gasteiger partial charge in [0.1, 0.15) is 11.5 Å². The molecule has 102 valence electrons. The van der Waals surface area contributed by atoms with Gasteiger partial charge in [0.25, 0.3) is 0 Å². The van der Waals surface area contributed by atoms with Crippen molar-refractivity contribution in [3.05, 3.63) is 0 Å². The number of ketones is 2. The van der Waals surface area contributed by atoms with E-state index in [1.54, 1.807) is 0 Å². The van der Waals surface area contributed by atoms with Gasteiger partial charge in [0, 0.05) is 12.8 Å². The Bertz CT molecular complexity index is 378. The molecule has 0 heterocycles. The summed E-state index contributed by atoms with van der Waals surface area (Å²) in [5.41, 5.74) is 0.611. The van der Waals surface area contributed by atoms with E-state index in [0.717, 1.165) is 0 Å². The molecule has 0 bridgehead atoms. The molecule has 0 aliphatic heterocycles. The number of hydrazone groups is 1. The molecule has 0 amide bonds. The lowest BCUT2D eigenvalue weighted by Gasteiger charge is -2.42. The van der Waals surface area contributed by atoms with Crippen LogP contribution in [0.3, 0.4) is 0 Å². The Labute approximate surface area is 112 Å². The molecule has 0 aromatic heterocycles. The van der Waals surface area contributed by atoms with Crippen LogP contribution in [-0.2, 0) is 9.59 Å². The van der Waals surface area contributed by atoms with Crippen molar-refractivity contribution in [2.45, 2.75) is 58.5 Å². The molecule has 1 rings (SSSR count). The Morgan fingerprint density at radius 3 is 1.83 bits per heavy atom. The summed E-state index contributed by atoms with van der Waals surface area (Å²) in [6.07, 6.45) is 1.03. The molecule has 1 aliphatic rings. The summed E-state index contributed by atoms with van der Waals surface area (Å²) in [6, 6.07) is 0. The number of hydrogen-bond acceptors (Lipinski definition) is 4. The summed E-state index contributed by atoms with van der Waals surface area (Å²) in [7, 11) is -3.16. The summed E-state index contributed by atoms with van der Waals surface area (Å²) >= 11 is 0. The summed E-state index contributed by atoms with van der Waals surface area (Å²) in [5.74, 6) is -0.0285. The summed E-state index contributed by atoms with van der Waals surface area (Å²) < 4.78 is 2.24. The van der Waals surface area contributed by atoms with Crippen LogP contribution < -0.4 is 0 Å². The number of carbonyl (C=O) groups is 2. The topological polar surface area (TPSA) is 49.7 Å². The quantitative estimate of drug-likeness (QED) is 0.455. The van der Waals surface area contributed by atoms with Crippen LogP contribution in [0.4, 0.5) is 0 Å². The molecular formula is C12H24N2O2Si2. The van der Waals surface area contributed by atoms with Crippen molar-refractivity contribution in [2.75, 3.05) is 0 Å². The molecular weight excluding hydrogens is 260 g/mol. The second-order valence-corrected chi connectivity index (χ2v) is 16.8. The first-order valence-electron chi connectivity index (χ1n) is 6.44. The molecule has 0 radical (unpaired) electrons. The van der Waals surface area contributed by atoms with Crippen molar-refractivity contribution in [3.63, 3.8) is 0 Å². The molecule has 1 fully saturated rings. The van der Waals surface area contributed by atoms with Gasteiger partial charge in [-0.1, -0.05) is 39.3 Å². The highest BCUT2D eigenvalue weighted by molar-refractivity contribution is 6.89. The van der Waals surface area contributed by atoms with Gasteiger partial charge in [-0.2, -0.15) is 5.10 Å². The Morgan fingerprint density at radius 2 is 1.44 bits per heavy atom. The molecule has 18 heavy (non-hydrogen) atoms. The number of carbonyl (C=O) groups excluding carboxylic acids is 2. The summed E-state index contributed by atoms with van der Waals surface area (Å²) in [5, 5.41) is 4.67. The van der Waals surface area contributed by atoms with Gasteiger partial charge in [-0.3, -0.25) is 9.59 Å². The number of Topliss-reactive ketones (excluding diaryl/α,β-unsaturated/α-hetero) is 2. The molecule has 0 spiro atoms. The van der Waals surface area contributed by atoms with E-state index < -0.39 is 16.5 Å². The molecule has 0 unspecified atom stereocenters. The molecule has 0 aromatic carbocycles. The van der Waals surface area contributed by atoms with E-state index >= 15 is 0 Å². The van der Waals surface area contributed by atoms with Crippen LogP contribution in [0.2, 0.25) is 39.3 Å². The first kappa shape index (κ1) is 15.3. The van der Waals surface area contributed by atoms with Crippen LogP contribution in [-0.4, -0.2) is 38.1 Å². The van der Waals surface area contributed by atoms with Gasteiger partial charge in [0.15, 0.2) is 22.3 Å². The molecule has 0 aromatic rings. The zero-order valence-electron chi connectivity index (χ0n) is 12.3. The third kappa shape index (κ3) is 3.88. The fourth-order valence-electron chi connectivity index (χ4n) is 2.30. The Morgan fingerprint density at radius 1 is 0.944 bits per heavy atom. The lowest BCUT2D eigenvalue weighted by atomic mass is 9.96. The van der Waals surface area contributed by atoms with Crippen molar-refractivity contribution < 1.29 is 9.59 Å². The van der Waals surface area contributed by atoms with Crippen molar-refractivity contribution in [1.29, 1.82) is 0 Å². The van der Waals surface area contributed by atoms with Crippen LogP contribution in [0.5, 0.6) is 0 Å². The predicted molar refractivity (Wildman–Crippen MR) is 79.8 cm³/mol. The minimum atomic E-state index is -1.58. The maximum absolute atomic E-state index is 11.8. The fourth-order valence-corrected chi connectivity index (χ4v) is 11.2. The van der Waals surface area contributed by atoms with E-state index in [0.29, 0.717) is 18.6 Å². The SMILES string of the molecule is C[Si](C)(C)N(/N=C1/CCC(=O)CC1=O)[Si](C)(C)C. The smallest absolute Gasteiger partial charge is 0.186 e. The lowest BCUT2D eigenvalue weighted by molar-refractivity contribution is -0.125. The molecule has 0 saturated heterocycles. The number of hydrogen-bond donors (Lipinski definition) is 0. The minimum Gasteiger partial charge on any atom is -0.349 e. The minimum absolute atomic E-state index is 0.0457. The van der Waals surface area contributed by atoms with Gasteiger partial charge in [0.05, 0.1) is 6.42 Å². The maximum atomic E-state index is 11.8. The summed E-state index contributed by atoms with van der Waals surface area (Å²) in [6.45, 7) is 13.5. The normalized spacial score (nSPS) is 20.4. The van der Waals surface area contributed by atoms with Crippen LogP contribution in [0, 0.1) is 0 Å². The van der Waals surface area contributed by atoms with Crippen molar-refractivity contribution in [3.8, 4) is 0 Å². The zero-order chi connectivity index (χ0) is 14.1. The molecule has 1 saturated carbocycles. The molecule has 0 atom stereocenters. The molecule has 0 N–H and O–H groups in total. The molecule has 4 nitrogen and oxygen atoms in total. The van der Waals surface area contributed by atoms with Gasteiger partial charge in [-0.15, -0.1) is 0 Å². The highest BCUT2D eigenvalue weighted by Gasteiger charge is 2.35. The Hall–Kier alpha value is -0.756. The van der Waals surface area contributed by atoms with Crippen LogP contribution >= 0.6 is 0 Å². The second-order valence-electron chi connectivity index (χ2n) is 6.84. The fraction of sp³-hybridized carbons (Fsp3) is 0.750. The Balaban J connectivity index is 3.03. The maximum Gasteiger partial charge on any atom is 0.186 e. The monoisotopic (exact) mass is 284 g/mol. The lowest BCUT2D eigenvalue weighted by Crippen LogP contribution is -2.56. The Kier molecular flexibility index (Phi) is 4.32. The standard InChI is InChI=1S/C12H24N2O2Si2/c1-17(2,3)14(18(4,5)6)13-11-8-7-10(15)9-12(11)16/h7-9H2,1-6H3/b13-11-. The van der Waals surface area contributed by atoms with Crippen molar-refractivity contribution in [1.82, 2.24) is 4.34 Å². The van der Waals surface area contributed by atoms with Gasteiger partial charge in [-0.05, 0) is 0 Å². The van der Waals surface area contributed by atoms with Gasteiger partial charge < -0.3 is 4.34 Å². The van der Waals surface area contributed by atoms with Gasteiger partial charge in [0.2, 0.25) is 0 Å². The van der Waals surface area contributed by atoms with Crippen molar-refractivity contribution in [2.24, 2.45) is 5.10 Å². The summed E-state index contributed by atoms with van der Waals surface area (Å²) in [4.78, 5) is 23.1. The van der Waals surface area contributed by atoms with Gasteiger partial charge in [-0.25, -0.2) is 0 Å². The van der Waals surface area contributed by atoms with Crippen LogP contribution in [0.25, 0.3) is 0 Å². The van der Waals surface area contributed by atoms with E-state index in [9.17, 15) is 9.59 Å². The average Bonchev–Trinajstić information content (AvgIpc) is 2.12. The molecule has 6 heteroatoms. The van der Waals surface area contributed by atoms with Crippen LogP contribution in [0.15, 0.2) is 5.10 Å². The van der Waals surface area contributed by atoms with Gasteiger partial charge >= 0.3 is 0 Å². The first-order valence-corrected chi connectivity index (χ1v) is 13.3. The average molecular weight is 285 g/mol. The van der Waals surface area contributed by atoms with E-state index in [1.165, 1.54) is 0 Å².